The van der Waals surface area contributed by atoms with Crippen LogP contribution in [0.3, 0.4) is 0 Å². The Balaban J connectivity index is 1.53. The molecule has 25 heavy (non-hydrogen) atoms. The Labute approximate surface area is 157 Å². The second-order valence-corrected chi connectivity index (χ2v) is 10.0. The lowest BCUT2D eigenvalue weighted by Crippen LogP contribution is -2.57. The van der Waals surface area contributed by atoms with Gasteiger partial charge in [0.1, 0.15) is 4.88 Å². The molecule has 1 aromatic heterocycles. The molecule has 4 aliphatic carbocycles. The van der Waals surface area contributed by atoms with Gasteiger partial charge in [-0.05, 0) is 75.8 Å². The molecule has 4 bridgehead atoms. The summed E-state index contributed by atoms with van der Waals surface area (Å²) in [6.45, 7) is 4.01. The number of aryl methyl sites for hydroxylation is 1. The van der Waals surface area contributed by atoms with Gasteiger partial charge in [-0.3, -0.25) is 4.79 Å². The number of hydrogen-bond acceptors (Lipinski definition) is 4. The third-order valence-electron chi connectivity index (χ3n) is 6.09. The number of esters is 1. The summed E-state index contributed by atoms with van der Waals surface area (Å²) in [5.41, 5.74) is 0.520. The number of carbonyl (C=O) groups excluding carboxylic acids is 2. The van der Waals surface area contributed by atoms with Crippen molar-refractivity contribution in [2.45, 2.75) is 57.2 Å². The largest absolute Gasteiger partial charge is 0.462 e. The van der Waals surface area contributed by atoms with Gasteiger partial charge >= 0.3 is 5.97 Å². The van der Waals surface area contributed by atoms with Gasteiger partial charge in [0, 0.05) is 4.87 Å². The predicted octanol–water partition coefficient (Wildman–Crippen LogP) is 4.75. The molecule has 0 saturated heterocycles. The number of halogens is 1. The number of nitrogens with one attached hydrogen (secondary N) is 1. The number of rotatable bonds is 4. The Bertz CT molecular complexity index is 714. The minimum atomic E-state index is -0.326. The highest BCUT2D eigenvalue weighted by Gasteiger charge is 2.60. The van der Waals surface area contributed by atoms with E-state index >= 15 is 0 Å². The summed E-state index contributed by atoms with van der Waals surface area (Å²) in [7, 11) is 0. The van der Waals surface area contributed by atoms with Crippen molar-refractivity contribution < 1.29 is 14.3 Å². The van der Waals surface area contributed by atoms with E-state index in [-0.39, 0.29) is 22.2 Å². The molecular formula is C19H24ClNO3S. The van der Waals surface area contributed by atoms with Crippen LogP contribution in [0.4, 0.5) is 5.00 Å². The number of alkyl halides is 1. The maximum absolute atomic E-state index is 13.1. The SMILES string of the molecule is CCOC(=O)c1sc(NC(=O)C23C[C@H]4C[C@@H](CC(Cl)(C4)C2)C3)cc1C. The smallest absolute Gasteiger partial charge is 0.348 e. The van der Waals surface area contributed by atoms with Crippen molar-refractivity contribution in [3.8, 4) is 0 Å². The fourth-order valence-electron chi connectivity index (χ4n) is 5.60. The quantitative estimate of drug-likeness (QED) is 0.604. The van der Waals surface area contributed by atoms with Crippen molar-refractivity contribution in [1.82, 2.24) is 0 Å². The predicted molar refractivity (Wildman–Crippen MR) is 99.3 cm³/mol. The Kier molecular flexibility index (Phi) is 4.15. The average molecular weight is 382 g/mol. The summed E-state index contributed by atoms with van der Waals surface area (Å²) in [4.78, 5) is 25.5. The standard InChI is InChI=1S/C19H24ClNO3S/c1-3-24-16(22)15-11(2)4-14(25-15)21-17(23)18-6-12-5-13(7-18)9-19(20,8-12)10-18/h4,12-13H,3,5-10H2,1-2H3,(H,21,23)/t12-,13-,18?,19?/m1/s1. The van der Waals surface area contributed by atoms with Crippen LogP contribution in [0.2, 0.25) is 0 Å². The summed E-state index contributed by atoms with van der Waals surface area (Å²) < 4.78 is 5.08. The molecule has 4 fully saturated rings. The molecule has 0 radical (unpaired) electrons. The van der Waals surface area contributed by atoms with E-state index in [1.54, 1.807) is 6.92 Å². The normalized spacial score (nSPS) is 35.6. The third kappa shape index (κ3) is 2.99. The molecule has 5 rings (SSSR count). The highest BCUT2D eigenvalue weighted by atomic mass is 35.5. The van der Waals surface area contributed by atoms with Crippen molar-refractivity contribution >= 4 is 39.8 Å². The number of thiophene rings is 1. The fraction of sp³-hybridized carbons (Fsp3) is 0.684. The van der Waals surface area contributed by atoms with E-state index in [0.29, 0.717) is 23.3 Å². The molecule has 0 aromatic carbocycles. The van der Waals surface area contributed by atoms with Gasteiger partial charge in [0.15, 0.2) is 0 Å². The zero-order chi connectivity index (χ0) is 17.8. The Morgan fingerprint density at radius 2 is 2.00 bits per heavy atom. The highest BCUT2D eigenvalue weighted by Crippen LogP contribution is 2.64. The van der Waals surface area contributed by atoms with Gasteiger partial charge in [-0.25, -0.2) is 4.79 Å². The molecular weight excluding hydrogens is 358 g/mol. The van der Waals surface area contributed by atoms with E-state index < -0.39 is 0 Å². The van der Waals surface area contributed by atoms with Gasteiger partial charge < -0.3 is 10.1 Å². The van der Waals surface area contributed by atoms with E-state index in [1.807, 2.05) is 13.0 Å². The van der Waals surface area contributed by atoms with Crippen molar-refractivity contribution in [1.29, 1.82) is 0 Å². The number of hydrogen-bond donors (Lipinski definition) is 1. The first-order valence-corrected chi connectivity index (χ1v) is 10.3. The molecule has 1 amide bonds. The molecule has 0 aliphatic heterocycles. The Hall–Kier alpha value is -1.07. The molecule has 4 aliphatic rings. The number of amides is 1. The first-order valence-electron chi connectivity index (χ1n) is 9.10. The molecule has 4 nitrogen and oxygen atoms in total. The zero-order valence-electron chi connectivity index (χ0n) is 14.7. The van der Waals surface area contributed by atoms with Crippen molar-refractivity contribution in [3.05, 3.63) is 16.5 Å². The van der Waals surface area contributed by atoms with Crippen LogP contribution < -0.4 is 5.32 Å². The highest BCUT2D eigenvalue weighted by molar-refractivity contribution is 7.18. The molecule has 1 heterocycles. The lowest BCUT2D eigenvalue weighted by molar-refractivity contribution is -0.138. The van der Waals surface area contributed by atoms with Gasteiger partial charge in [0.25, 0.3) is 0 Å². The Morgan fingerprint density at radius 3 is 2.60 bits per heavy atom. The third-order valence-corrected chi connectivity index (χ3v) is 7.66. The lowest BCUT2D eigenvalue weighted by Gasteiger charge is -2.59. The van der Waals surface area contributed by atoms with E-state index in [9.17, 15) is 9.59 Å². The lowest BCUT2D eigenvalue weighted by atomic mass is 9.49. The monoisotopic (exact) mass is 381 g/mol. The van der Waals surface area contributed by atoms with E-state index in [1.165, 1.54) is 17.8 Å². The van der Waals surface area contributed by atoms with Gasteiger partial charge in [-0.15, -0.1) is 22.9 Å². The van der Waals surface area contributed by atoms with Crippen LogP contribution >= 0.6 is 22.9 Å². The number of carbonyl (C=O) groups is 2. The van der Waals surface area contributed by atoms with E-state index in [4.69, 9.17) is 16.3 Å². The topological polar surface area (TPSA) is 55.4 Å². The van der Waals surface area contributed by atoms with Crippen LogP contribution in [0.15, 0.2) is 6.07 Å². The van der Waals surface area contributed by atoms with Gasteiger partial charge in [0.2, 0.25) is 5.91 Å². The molecule has 1 aromatic rings. The maximum Gasteiger partial charge on any atom is 0.348 e. The first kappa shape index (κ1) is 17.3. The fourth-order valence-corrected chi connectivity index (χ4v) is 7.26. The van der Waals surface area contributed by atoms with Crippen LogP contribution in [0, 0.1) is 24.2 Å². The molecule has 2 atom stereocenters. The van der Waals surface area contributed by atoms with Crippen LogP contribution in [0.1, 0.15) is 60.7 Å². The second kappa shape index (κ2) is 5.98. The molecule has 0 unspecified atom stereocenters. The molecule has 4 saturated carbocycles. The van der Waals surface area contributed by atoms with E-state index in [0.717, 1.165) is 42.7 Å². The molecule has 6 heteroatoms. The van der Waals surface area contributed by atoms with Crippen molar-refractivity contribution in [2.24, 2.45) is 17.3 Å². The summed E-state index contributed by atoms with van der Waals surface area (Å²) in [5.74, 6) is 0.942. The van der Waals surface area contributed by atoms with Gasteiger partial charge in [-0.2, -0.15) is 0 Å². The van der Waals surface area contributed by atoms with Crippen molar-refractivity contribution in [2.75, 3.05) is 11.9 Å². The summed E-state index contributed by atoms with van der Waals surface area (Å²) >= 11 is 8.13. The average Bonchev–Trinajstić information content (AvgIpc) is 2.85. The first-order chi connectivity index (χ1) is 11.8. The van der Waals surface area contributed by atoms with Crippen LogP contribution in [-0.2, 0) is 9.53 Å². The van der Waals surface area contributed by atoms with Gasteiger partial charge in [0.05, 0.1) is 17.0 Å². The minimum absolute atomic E-state index is 0.0864. The number of ether oxygens (including phenoxy) is 1. The zero-order valence-corrected chi connectivity index (χ0v) is 16.3. The number of anilines is 1. The van der Waals surface area contributed by atoms with Gasteiger partial charge in [-0.1, -0.05) is 0 Å². The summed E-state index contributed by atoms with van der Waals surface area (Å²) in [5, 5.41) is 3.81. The van der Waals surface area contributed by atoms with Crippen LogP contribution in [0.25, 0.3) is 0 Å². The Morgan fingerprint density at radius 1 is 1.32 bits per heavy atom. The molecule has 136 valence electrons. The van der Waals surface area contributed by atoms with E-state index in [2.05, 4.69) is 5.32 Å². The summed E-state index contributed by atoms with van der Waals surface area (Å²) in [6.07, 6.45) is 6.05. The second-order valence-electron chi connectivity index (χ2n) is 8.19. The molecule has 1 N–H and O–H groups in total. The van der Waals surface area contributed by atoms with Crippen LogP contribution in [-0.4, -0.2) is 23.4 Å². The van der Waals surface area contributed by atoms with Crippen molar-refractivity contribution in [3.63, 3.8) is 0 Å². The summed E-state index contributed by atoms with van der Waals surface area (Å²) in [6, 6.07) is 1.87. The minimum Gasteiger partial charge on any atom is -0.462 e. The van der Waals surface area contributed by atoms with Crippen LogP contribution in [0.5, 0.6) is 0 Å². The maximum atomic E-state index is 13.1. The molecule has 0 spiro atoms.